The van der Waals surface area contributed by atoms with Gasteiger partial charge in [-0.1, -0.05) is 13.8 Å². The number of nitrogens with one attached hydrogen (secondary N) is 1. The normalized spacial score (nSPS) is 11.4. The Morgan fingerprint density at radius 3 is 2.79 bits per heavy atom. The van der Waals surface area contributed by atoms with E-state index in [9.17, 15) is 0 Å². The largest absolute Gasteiger partial charge is 0.330 e. The quantitative estimate of drug-likeness (QED) is 0.883. The van der Waals surface area contributed by atoms with Gasteiger partial charge >= 0.3 is 0 Å². The smallest absolute Gasteiger partial charge is 0.113 e. The monoisotopic (exact) mass is 278 g/mol. The summed E-state index contributed by atoms with van der Waals surface area (Å²) in [5.74, 6) is 0.670. The van der Waals surface area contributed by atoms with Gasteiger partial charge in [-0.25, -0.2) is 9.97 Å². The predicted molar refractivity (Wildman–Crippen MR) is 79.5 cm³/mol. The van der Waals surface area contributed by atoms with Crippen molar-refractivity contribution in [1.29, 1.82) is 0 Å². The second-order valence-electron chi connectivity index (χ2n) is 5.31. The number of hydrogen-bond donors (Lipinski definition) is 1. The molecule has 19 heavy (non-hydrogen) atoms. The Bertz CT molecular complexity index is 508. The van der Waals surface area contributed by atoms with Crippen molar-refractivity contribution >= 4 is 11.3 Å². The molecular weight excluding hydrogens is 256 g/mol. The van der Waals surface area contributed by atoms with E-state index in [4.69, 9.17) is 0 Å². The number of aromatic nitrogens is 3. The van der Waals surface area contributed by atoms with E-state index in [0.29, 0.717) is 5.92 Å². The zero-order chi connectivity index (χ0) is 13.8. The van der Waals surface area contributed by atoms with Gasteiger partial charge in [-0.15, -0.1) is 11.3 Å². The molecule has 0 fully saturated rings. The van der Waals surface area contributed by atoms with E-state index in [-0.39, 0.29) is 0 Å². The SMILES string of the molecule is Cc1nc(Cn2cnc(CNCC(C)C)c2)sc1C. The molecule has 0 radical (unpaired) electrons. The highest BCUT2D eigenvalue weighted by molar-refractivity contribution is 7.11. The third kappa shape index (κ3) is 4.14. The fourth-order valence-corrected chi connectivity index (χ4v) is 2.78. The second kappa shape index (κ2) is 6.30. The molecule has 2 rings (SSSR count). The molecule has 0 spiro atoms. The molecule has 0 aliphatic rings. The van der Waals surface area contributed by atoms with Gasteiger partial charge in [0.2, 0.25) is 0 Å². The van der Waals surface area contributed by atoms with Gasteiger partial charge in [-0.3, -0.25) is 0 Å². The number of aryl methyl sites for hydroxylation is 2. The number of nitrogens with zero attached hydrogens (tertiary/aromatic N) is 3. The minimum Gasteiger partial charge on any atom is -0.330 e. The Balaban J connectivity index is 1.90. The van der Waals surface area contributed by atoms with Gasteiger partial charge in [0.15, 0.2) is 0 Å². The van der Waals surface area contributed by atoms with Crippen LogP contribution in [0.2, 0.25) is 0 Å². The summed E-state index contributed by atoms with van der Waals surface area (Å²) in [6.07, 6.45) is 3.98. The van der Waals surface area contributed by atoms with E-state index in [1.165, 1.54) is 4.88 Å². The Labute approximate surface area is 118 Å². The van der Waals surface area contributed by atoms with Gasteiger partial charge in [-0.2, -0.15) is 0 Å². The fraction of sp³-hybridized carbons (Fsp3) is 0.571. The van der Waals surface area contributed by atoms with Crippen molar-refractivity contribution in [2.24, 2.45) is 5.92 Å². The van der Waals surface area contributed by atoms with Crippen LogP contribution in [0.4, 0.5) is 0 Å². The molecule has 0 aromatic carbocycles. The van der Waals surface area contributed by atoms with Crippen LogP contribution >= 0.6 is 11.3 Å². The van der Waals surface area contributed by atoms with Gasteiger partial charge in [-0.05, 0) is 26.3 Å². The average molecular weight is 278 g/mol. The van der Waals surface area contributed by atoms with Crippen LogP contribution in [0.1, 0.15) is 35.1 Å². The molecule has 0 unspecified atom stereocenters. The van der Waals surface area contributed by atoms with Crippen molar-refractivity contribution in [3.63, 3.8) is 0 Å². The average Bonchev–Trinajstić information content (AvgIpc) is 2.87. The molecule has 0 saturated heterocycles. The summed E-state index contributed by atoms with van der Waals surface area (Å²) < 4.78 is 2.10. The summed E-state index contributed by atoms with van der Waals surface area (Å²) in [5.41, 5.74) is 2.23. The summed E-state index contributed by atoms with van der Waals surface area (Å²) in [6.45, 7) is 11.3. The van der Waals surface area contributed by atoms with Crippen molar-refractivity contribution in [1.82, 2.24) is 19.9 Å². The van der Waals surface area contributed by atoms with Crippen LogP contribution < -0.4 is 5.32 Å². The van der Waals surface area contributed by atoms with Crippen molar-refractivity contribution in [2.45, 2.75) is 40.8 Å². The van der Waals surface area contributed by atoms with Crippen LogP contribution in [0, 0.1) is 19.8 Å². The van der Waals surface area contributed by atoms with E-state index < -0.39 is 0 Å². The molecule has 0 atom stereocenters. The summed E-state index contributed by atoms with van der Waals surface area (Å²) in [6, 6.07) is 0. The van der Waals surface area contributed by atoms with Crippen LogP contribution in [0.25, 0.3) is 0 Å². The van der Waals surface area contributed by atoms with Gasteiger partial charge in [0.05, 0.1) is 24.3 Å². The van der Waals surface area contributed by atoms with E-state index in [2.05, 4.69) is 53.7 Å². The zero-order valence-electron chi connectivity index (χ0n) is 12.1. The minimum absolute atomic E-state index is 0.670. The molecule has 2 aromatic rings. The van der Waals surface area contributed by atoms with Crippen LogP contribution in [-0.4, -0.2) is 21.1 Å². The topological polar surface area (TPSA) is 42.7 Å². The lowest BCUT2D eigenvalue weighted by Crippen LogP contribution is -2.19. The molecule has 4 nitrogen and oxygen atoms in total. The standard InChI is InChI=1S/C14H22N4S/c1-10(2)5-15-6-13-7-18(9-16-13)8-14-17-11(3)12(4)19-14/h7,9-10,15H,5-6,8H2,1-4H3. The molecule has 1 N–H and O–H groups in total. The summed E-state index contributed by atoms with van der Waals surface area (Å²) in [7, 11) is 0. The maximum absolute atomic E-state index is 4.55. The molecule has 0 saturated carbocycles. The number of imidazole rings is 1. The van der Waals surface area contributed by atoms with Crippen molar-refractivity contribution < 1.29 is 0 Å². The zero-order valence-corrected chi connectivity index (χ0v) is 12.9. The molecule has 2 aromatic heterocycles. The highest BCUT2D eigenvalue weighted by Crippen LogP contribution is 2.17. The van der Waals surface area contributed by atoms with Crippen LogP contribution in [0.3, 0.4) is 0 Å². The summed E-state index contributed by atoms with van der Waals surface area (Å²) in [5, 5.41) is 4.55. The Morgan fingerprint density at radius 2 is 2.16 bits per heavy atom. The molecule has 2 heterocycles. The minimum atomic E-state index is 0.670. The Hall–Kier alpha value is -1.20. The number of rotatable bonds is 6. The van der Waals surface area contributed by atoms with Crippen molar-refractivity contribution in [3.05, 3.63) is 33.8 Å². The third-order valence-corrected chi connectivity index (χ3v) is 3.99. The van der Waals surface area contributed by atoms with E-state index in [1.54, 1.807) is 11.3 Å². The second-order valence-corrected chi connectivity index (χ2v) is 6.60. The lowest BCUT2D eigenvalue weighted by atomic mass is 10.2. The molecule has 0 aliphatic heterocycles. The van der Waals surface area contributed by atoms with Crippen molar-refractivity contribution in [2.75, 3.05) is 6.54 Å². The number of thiazole rings is 1. The fourth-order valence-electron chi connectivity index (χ4n) is 1.84. The van der Waals surface area contributed by atoms with Crippen molar-refractivity contribution in [3.8, 4) is 0 Å². The van der Waals surface area contributed by atoms with E-state index >= 15 is 0 Å². The maximum atomic E-state index is 4.55. The number of hydrogen-bond acceptors (Lipinski definition) is 4. The van der Waals surface area contributed by atoms with Crippen LogP contribution in [0.5, 0.6) is 0 Å². The molecular formula is C14H22N4S. The first kappa shape index (κ1) is 14.2. The Morgan fingerprint density at radius 1 is 1.37 bits per heavy atom. The first-order chi connectivity index (χ1) is 9.04. The van der Waals surface area contributed by atoms with E-state index in [1.807, 2.05) is 6.33 Å². The molecule has 104 valence electrons. The Kier molecular flexibility index (Phi) is 4.71. The molecule has 5 heteroatoms. The molecule has 0 aliphatic carbocycles. The lowest BCUT2D eigenvalue weighted by molar-refractivity contribution is 0.548. The third-order valence-electron chi connectivity index (χ3n) is 2.94. The lowest BCUT2D eigenvalue weighted by Gasteiger charge is -2.04. The first-order valence-electron chi connectivity index (χ1n) is 6.69. The van der Waals surface area contributed by atoms with Crippen LogP contribution in [0.15, 0.2) is 12.5 Å². The molecule has 0 bridgehead atoms. The van der Waals surface area contributed by atoms with Gasteiger partial charge < -0.3 is 9.88 Å². The first-order valence-corrected chi connectivity index (χ1v) is 7.50. The van der Waals surface area contributed by atoms with Crippen LogP contribution in [-0.2, 0) is 13.1 Å². The maximum Gasteiger partial charge on any atom is 0.113 e. The predicted octanol–water partition coefficient (Wildman–Crippen LogP) is 2.75. The van der Waals surface area contributed by atoms with E-state index in [0.717, 1.165) is 36.0 Å². The highest BCUT2D eigenvalue weighted by Gasteiger charge is 2.05. The highest BCUT2D eigenvalue weighted by atomic mass is 32.1. The molecule has 0 amide bonds. The van der Waals surface area contributed by atoms with Gasteiger partial charge in [0.25, 0.3) is 0 Å². The summed E-state index contributed by atoms with van der Waals surface area (Å²) >= 11 is 1.76. The van der Waals surface area contributed by atoms with Gasteiger partial charge in [0.1, 0.15) is 5.01 Å². The summed E-state index contributed by atoms with van der Waals surface area (Å²) in [4.78, 5) is 10.3. The van der Waals surface area contributed by atoms with Gasteiger partial charge in [0, 0.05) is 17.6 Å².